The molecule has 4 nitrogen and oxygen atoms in total. The molecule has 0 amide bonds. The molecule has 0 unspecified atom stereocenters. The second kappa shape index (κ2) is 6.95. The fraction of sp³-hybridized carbons (Fsp3) is 0.190. The van der Waals surface area contributed by atoms with Crippen molar-refractivity contribution in [2.24, 2.45) is 0 Å². The van der Waals surface area contributed by atoms with Gasteiger partial charge in [0.1, 0.15) is 11.5 Å². The topological polar surface area (TPSA) is 49.8 Å². The maximum absolute atomic E-state index is 12.7. The number of benzene rings is 2. The van der Waals surface area contributed by atoms with Crippen molar-refractivity contribution >= 4 is 11.9 Å². The highest BCUT2D eigenvalue weighted by atomic mass is 16.5. The second-order valence-electron chi connectivity index (χ2n) is 6.36. The highest BCUT2D eigenvalue weighted by Gasteiger charge is 2.32. The van der Waals surface area contributed by atoms with Crippen molar-refractivity contribution in [1.29, 1.82) is 0 Å². The zero-order chi connectivity index (χ0) is 18.0. The van der Waals surface area contributed by atoms with E-state index in [4.69, 9.17) is 4.74 Å². The van der Waals surface area contributed by atoms with Gasteiger partial charge in [0.2, 0.25) is 5.78 Å². The third-order valence-electron chi connectivity index (χ3n) is 4.03. The number of phenols is 1. The van der Waals surface area contributed by atoms with E-state index in [1.54, 1.807) is 18.2 Å². The van der Waals surface area contributed by atoms with Crippen molar-refractivity contribution in [3.05, 3.63) is 76.6 Å². The third kappa shape index (κ3) is 3.49. The van der Waals surface area contributed by atoms with E-state index in [2.05, 4.69) is 0 Å². The first-order valence-electron chi connectivity index (χ1n) is 8.13. The molecular formula is C21H21NO3. The number of phenolic OH excluding ortho intramolecular Hbond substituents is 1. The zero-order valence-corrected chi connectivity index (χ0v) is 14.6. The molecule has 1 aliphatic heterocycles. The second-order valence-corrected chi connectivity index (χ2v) is 6.36. The maximum Gasteiger partial charge on any atom is 0.232 e. The molecule has 25 heavy (non-hydrogen) atoms. The summed E-state index contributed by atoms with van der Waals surface area (Å²) in [4.78, 5) is 14.6. The predicted molar refractivity (Wildman–Crippen MR) is 98.8 cm³/mol. The largest absolute Gasteiger partial charge is 0.507 e. The van der Waals surface area contributed by atoms with Crippen LogP contribution in [0.1, 0.15) is 27.0 Å². The summed E-state index contributed by atoms with van der Waals surface area (Å²) in [6, 6.07) is 11.5. The lowest BCUT2D eigenvalue weighted by molar-refractivity contribution is 0.101. The van der Waals surface area contributed by atoms with Gasteiger partial charge in [-0.2, -0.15) is 0 Å². The van der Waals surface area contributed by atoms with Crippen molar-refractivity contribution in [3.8, 4) is 11.5 Å². The number of Topliss-reactive ketones (excluding diaryl/α,β-unsaturated/α-hetero) is 1. The van der Waals surface area contributed by atoms with Gasteiger partial charge in [-0.05, 0) is 44.3 Å². The highest BCUT2D eigenvalue weighted by molar-refractivity contribution is 6.13. The Labute approximate surface area is 147 Å². The molecule has 1 heterocycles. The first-order valence-corrected chi connectivity index (χ1v) is 8.13. The maximum atomic E-state index is 12.7. The monoisotopic (exact) mass is 335 g/mol. The van der Waals surface area contributed by atoms with Crippen molar-refractivity contribution in [3.63, 3.8) is 0 Å². The molecular weight excluding hydrogens is 314 g/mol. The minimum Gasteiger partial charge on any atom is -0.507 e. The van der Waals surface area contributed by atoms with Crippen LogP contribution in [0.3, 0.4) is 0 Å². The third-order valence-corrected chi connectivity index (χ3v) is 4.03. The Morgan fingerprint density at radius 3 is 2.60 bits per heavy atom. The van der Waals surface area contributed by atoms with E-state index in [0.29, 0.717) is 23.4 Å². The standard InChI is InChI=1S/C21H21NO3/c1-14-12-17(23)16(13-22(2)3)21-19(14)20(24)18(25-21)11-7-10-15-8-5-4-6-9-15/h4-12,23H,13H2,1-3H3/b10-7+,18-11-. The summed E-state index contributed by atoms with van der Waals surface area (Å²) in [5.41, 5.74) is 2.93. The molecule has 0 radical (unpaired) electrons. The lowest BCUT2D eigenvalue weighted by Crippen LogP contribution is -2.12. The van der Waals surface area contributed by atoms with Gasteiger partial charge in [-0.3, -0.25) is 4.79 Å². The van der Waals surface area contributed by atoms with Crippen LogP contribution in [-0.4, -0.2) is 29.9 Å². The van der Waals surface area contributed by atoms with Crippen molar-refractivity contribution in [1.82, 2.24) is 4.90 Å². The van der Waals surface area contributed by atoms with E-state index in [0.717, 1.165) is 11.1 Å². The van der Waals surface area contributed by atoms with Crippen LogP contribution >= 0.6 is 0 Å². The van der Waals surface area contributed by atoms with Gasteiger partial charge >= 0.3 is 0 Å². The molecule has 0 aromatic heterocycles. The Kier molecular flexibility index (Phi) is 4.72. The van der Waals surface area contributed by atoms with Crippen LogP contribution < -0.4 is 4.74 Å². The van der Waals surface area contributed by atoms with Gasteiger partial charge in [0.25, 0.3) is 0 Å². The summed E-state index contributed by atoms with van der Waals surface area (Å²) in [5, 5.41) is 10.3. The average molecular weight is 335 g/mol. The molecule has 128 valence electrons. The number of carbonyl (C=O) groups is 1. The molecule has 0 spiro atoms. The molecule has 1 N–H and O–H groups in total. The number of ether oxygens (including phenoxy) is 1. The van der Waals surface area contributed by atoms with Crippen LogP contribution in [0.15, 0.2) is 54.3 Å². The summed E-state index contributed by atoms with van der Waals surface area (Å²) >= 11 is 0. The summed E-state index contributed by atoms with van der Waals surface area (Å²) < 4.78 is 5.82. The minimum absolute atomic E-state index is 0.148. The quantitative estimate of drug-likeness (QED) is 0.860. The lowest BCUT2D eigenvalue weighted by atomic mass is 9.99. The molecule has 2 aromatic rings. The molecule has 0 saturated carbocycles. The predicted octanol–water partition coefficient (Wildman–Crippen LogP) is 3.93. The van der Waals surface area contributed by atoms with Crippen LogP contribution in [0.25, 0.3) is 6.08 Å². The Balaban J connectivity index is 1.94. The van der Waals surface area contributed by atoms with Crippen molar-refractivity contribution in [2.45, 2.75) is 13.5 Å². The molecule has 3 rings (SSSR count). The number of fused-ring (bicyclic) bond motifs is 1. The van der Waals surface area contributed by atoms with Crippen molar-refractivity contribution < 1.29 is 14.6 Å². The normalized spacial score (nSPS) is 15.2. The Hall–Kier alpha value is -2.85. The number of rotatable bonds is 4. The molecule has 2 aromatic carbocycles. The van der Waals surface area contributed by atoms with Gasteiger partial charge in [-0.15, -0.1) is 0 Å². The highest BCUT2D eigenvalue weighted by Crippen LogP contribution is 2.41. The van der Waals surface area contributed by atoms with E-state index in [9.17, 15) is 9.90 Å². The van der Waals surface area contributed by atoms with Gasteiger partial charge in [0.05, 0.1) is 11.1 Å². The number of nitrogens with zero attached hydrogens (tertiary/aromatic N) is 1. The Bertz CT molecular complexity index is 864. The van der Waals surface area contributed by atoms with Crippen molar-refractivity contribution in [2.75, 3.05) is 14.1 Å². The van der Waals surface area contributed by atoms with Gasteiger partial charge in [0.15, 0.2) is 5.76 Å². The molecule has 0 saturated heterocycles. The van der Waals surface area contributed by atoms with E-state index < -0.39 is 0 Å². The molecule has 0 bridgehead atoms. The van der Waals surface area contributed by atoms with E-state index in [1.165, 1.54) is 0 Å². The zero-order valence-electron chi connectivity index (χ0n) is 14.6. The molecule has 0 aliphatic carbocycles. The molecule has 4 heteroatoms. The van der Waals surface area contributed by atoms with Crippen LogP contribution in [0.5, 0.6) is 11.5 Å². The Morgan fingerprint density at radius 1 is 1.20 bits per heavy atom. The van der Waals surface area contributed by atoms with E-state index in [1.807, 2.05) is 62.3 Å². The van der Waals surface area contributed by atoms with E-state index in [-0.39, 0.29) is 17.3 Å². The summed E-state index contributed by atoms with van der Waals surface area (Å²) in [7, 11) is 3.81. The fourth-order valence-corrected chi connectivity index (χ4v) is 2.87. The minimum atomic E-state index is -0.148. The fourth-order valence-electron chi connectivity index (χ4n) is 2.87. The first kappa shape index (κ1) is 17.0. The van der Waals surface area contributed by atoms with Gasteiger partial charge < -0.3 is 14.7 Å². The number of allylic oxidation sites excluding steroid dienone is 3. The van der Waals surface area contributed by atoms with Gasteiger partial charge in [0, 0.05) is 6.54 Å². The van der Waals surface area contributed by atoms with Gasteiger partial charge in [-0.25, -0.2) is 0 Å². The molecule has 0 atom stereocenters. The number of carbonyl (C=O) groups excluding carboxylic acids is 1. The molecule has 1 aliphatic rings. The Morgan fingerprint density at radius 2 is 1.92 bits per heavy atom. The van der Waals surface area contributed by atoms with E-state index >= 15 is 0 Å². The van der Waals surface area contributed by atoms with Crippen LogP contribution in [0, 0.1) is 6.92 Å². The summed E-state index contributed by atoms with van der Waals surface area (Å²) in [6.07, 6.45) is 5.39. The lowest BCUT2D eigenvalue weighted by Gasteiger charge is -2.15. The van der Waals surface area contributed by atoms with Gasteiger partial charge in [-0.1, -0.05) is 42.5 Å². The average Bonchev–Trinajstić information content (AvgIpc) is 2.89. The first-order chi connectivity index (χ1) is 12.0. The van der Waals surface area contributed by atoms with Crippen LogP contribution in [-0.2, 0) is 6.54 Å². The summed E-state index contributed by atoms with van der Waals surface area (Å²) in [6.45, 7) is 2.30. The number of hydrogen-bond acceptors (Lipinski definition) is 4. The number of aryl methyl sites for hydroxylation is 1. The SMILES string of the molecule is Cc1cc(O)c(CN(C)C)c2c1C(=O)/C(=C/C=C/c1ccccc1)O2. The summed E-state index contributed by atoms with van der Waals surface area (Å²) in [5.74, 6) is 0.746. The number of aromatic hydroxyl groups is 1. The van der Waals surface area contributed by atoms with Crippen LogP contribution in [0.2, 0.25) is 0 Å². The number of ketones is 1. The number of hydrogen-bond donors (Lipinski definition) is 1. The smallest absolute Gasteiger partial charge is 0.232 e. The van der Waals surface area contributed by atoms with Crippen LogP contribution in [0.4, 0.5) is 0 Å². The molecule has 0 fully saturated rings.